The molecule has 1 aromatic heterocycles. The van der Waals surface area contributed by atoms with Gasteiger partial charge in [-0.15, -0.1) is 0 Å². The second-order valence-electron chi connectivity index (χ2n) is 5.81. The SMILES string of the molecule is COc1ccc2c(-c3cccc(F)c3)c(-c3cccc(F)c3)[nH]c2c1. The molecule has 0 amide bonds. The van der Waals surface area contributed by atoms with Crippen molar-refractivity contribution >= 4 is 10.9 Å². The molecule has 124 valence electrons. The van der Waals surface area contributed by atoms with E-state index in [0.29, 0.717) is 11.3 Å². The third-order valence-electron chi connectivity index (χ3n) is 4.23. The van der Waals surface area contributed by atoms with E-state index in [-0.39, 0.29) is 11.6 Å². The zero-order chi connectivity index (χ0) is 17.4. The molecule has 1 N–H and O–H groups in total. The molecule has 4 heteroatoms. The summed E-state index contributed by atoms with van der Waals surface area (Å²) in [5.74, 6) is 0.0785. The smallest absolute Gasteiger partial charge is 0.123 e. The van der Waals surface area contributed by atoms with E-state index in [9.17, 15) is 8.78 Å². The first-order chi connectivity index (χ1) is 12.2. The lowest BCUT2D eigenvalue weighted by atomic mass is 9.98. The number of benzene rings is 3. The van der Waals surface area contributed by atoms with Gasteiger partial charge in [0.15, 0.2) is 0 Å². The largest absolute Gasteiger partial charge is 0.497 e. The van der Waals surface area contributed by atoms with Gasteiger partial charge in [0, 0.05) is 22.6 Å². The molecule has 0 aliphatic heterocycles. The molecule has 25 heavy (non-hydrogen) atoms. The molecule has 4 aromatic rings. The molecule has 0 atom stereocenters. The minimum Gasteiger partial charge on any atom is -0.497 e. The molecule has 0 saturated carbocycles. The lowest BCUT2D eigenvalue weighted by molar-refractivity contribution is 0.415. The van der Waals surface area contributed by atoms with Crippen LogP contribution in [0.3, 0.4) is 0 Å². The molecule has 0 radical (unpaired) electrons. The van der Waals surface area contributed by atoms with Gasteiger partial charge in [-0.1, -0.05) is 24.3 Å². The van der Waals surface area contributed by atoms with Crippen molar-refractivity contribution in [3.05, 3.63) is 78.4 Å². The van der Waals surface area contributed by atoms with E-state index in [0.717, 1.165) is 27.7 Å². The van der Waals surface area contributed by atoms with E-state index in [2.05, 4.69) is 4.98 Å². The molecule has 0 spiro atoms. The summed E-state index contributed by atoms with van der Waals surface area (Å²) in [5, 5.41) is 0.922. The number of nitrogens with one attached hydrogen (secondary N) is 1. The van der Waals surface area contributed by atoms with Gasteiger partial charge in [-0.3, -0.25) is 0 Å². The van der Waals surface area contributed by atoms with E-state index in [1.807, 2.05) is 30.3 Å². The Labute approximate surface area is 143 Å². The van der Waals surface area contributed by atoms with Gasteiger partial charge in [0.1, 0.15) is 17.4 Å². The maximum Gasteiger partial charge on any atom is 0.123 e. The zero-order valence-corrected chi connectivity index (χ0v) is 13.5. The molecule has 0 aliphatic rings. The number of hydrogen-bond acceptors (Lipinski definition) is 1. The normalized spacial score (nSPS) is 11.0. The maximum absolute atomic E-state index is 13.8. The van der Waals surface area contributed by atoms with Gasteiger partial charge in [0.25, 0.3) is 0 Å². The molecule has 2 nitrogen and oxygen atoms in total. The number of aromatic nitrogens is 1. The van der Waals surface area contributed by atoms with Crippen LogP contribution in [0.5, 0.6) is 5.75 Å². The number of methoxy groups -OCH3 is 1. The summed E-state index contributed by atoms with van der Waals surface area (Å²) in [6.45, 7) is 0. The van der Waals surface area contributed by atoms with Gasteiger partial charge in [-0.2, -0.15) is 0 Å². The predicted molar refractivity (Wildman–Crippen MR) is 95.6 cm³/mol. The summed E-state index contributed by atoms with van der Waals surface area (Å²) in [4.78, 5) is 3.33. The number of rotatable bonds is 3. The quantitative estimate of drug-likeness (QED) is 0.504. The van der Waals surface area contributed by atoms with Gasteiger partial charge in [0.05, 0.1) is 18.3 Å². The van der Waals surface area contributed by atoms with Crippen LogP contribution in [0.15, 0.2) is 66.7 Å². The Morgan fingerprint density at radius 2 is 1.48 bits per heavy atom. The second-order valence-corrected chi connectivity index (χ2v) is 5.81. The van der Waals surface area contributed by atoms with Gasteiger partial charge >= 0.3 is 0 Å². The van der Waals surface area contributed by atoms with Crippen LogP contribution in [0.1, 0.15) is 0 Å². The summed E-state index contributed by atoms with van der Waals surface area (Å²) < 4.78 is 32.8. The van der Waals surface area contributed by atoms with Crippen LogP contribution < -0.4 is 4.74 Å². The fourth-order valence-electron chi connectivity index (χ4n) is 3.11. The highest BCUT2D eigenvalue weighted by Gasteiger charge is 2.16. The first-order valence-electron chi connectivity index (χ1n) is 7.87. The Kier molecular flexibility index (Phi) is 3.73. The molecule has 3 aromatic carbocycles. The van der Waals surface area contributed by atoms with E-state index in [1.54, 1.807) is 19.2 Å². The van der Waals surface area contributed by atoms with Crippen LogP contribution in [-0.4, -0.2) is 12.1 Å². The van der Waals surface area contributed by atoms with E-state index >= 15 is 0 Å². The molecule has 1 heterocycles. The van der Waals surface area contributed by atoms with Crippen molar-refractivity contribution in [1.29, 1.82) is 0 Å². The number of aromatic amines is 1. The molecular weight excluding hydrogens is 320 g/mol. The van der Waals surface area contributed by atoms with Crippen LogP contribution in [-0.2, 0) is 0 Å². The fourth-order valence-corrected chi connectivity index (χ4v) is 3.11. The fraction of sp³-hybridized carbons (Fsp3) is 0.0476. The van der Waals surface area contributed by atoms with Crippen molar-refractivity contribution in [3.8, 4) is 28.1 Å². The highest BCUT2D eigenvalue weighted by molar-refractivity contribution is 6.04. The number of ether oxygens (including phenoxy) is 1. The first-order valence-corrected chi connectivity index (χ1v) is 7.87. The summed E-state index contributed by atoms with van der Waals surface area (Å²) in [7, 11) is 1.60. The summed E-state index contributed by atoms with van der Waals surface area (Å²) in [6.07, 6.45) is 0. The molecule has 0 saturated heterocycles. The minimum absolute atomic E-state index is 0.314. The van der Waals surface area contributed by atoms with Crippen molar-refractivity contribution in [2.75, 3.05) is 7.11 Å². The lowest BCUT2D eigenvalue weighted by Gasteiger charge is -2.06. The topological polar surface area (TPSA) is 25.0 Å². The standard InChI is InChI=1S/C21H15F2NO/c1-25-17-8-9-18-19(12-17)24-21(14-5-3-7-16(23)11-14)20(18)13-4-2-6-15(22)10-13/h2-12,24H,1H3. The van der Waals surface area contributed by atoms with Crippen LogP contribution in [0.2, 0.25) is 0 Å². The Morgan fingerprint density at radius 1 is 0.800 bits per heavy atom. The molecule has 0 aliphatic carbocycles. The van der Waals surface area contributed by atoms with Crippen LogP contribution in [0.4, 0.5) is 8.78 Å². The molecule has 0 unspecified atom stereocenters. The van der Waals surface area contributed by atoms with Gasteiger partial charge in [-0.25, -0.2) is 8.78 Å². The van der Waals surface area contributed by atoms with Crippen LogP contribution >= 0.6 is 0 Å². The van der Waals surface area contributed by atoms with E-state index < -0.39 is 0 Å². The minimum atomic E-state index is -0.320. The van der Waals surface area contributed by atoms with Crippen molar-refractivity contribution in [2.45, 2.75) is 0 Å². The monoisotopic (exact) mass is 335 g/mol. The van der Waals surface area contributed by atoms with Gasteiger partial charge in [0.2, 0.25) is 0 Å². The zero-order valence-electron chi connectivity index (χ0n) is 13.5. The summed E-state index contributed by atoms with van der Waals surface area (Å²) in [5.41, 5.74) is 3.86. The highest BCUT2D eigenvalue weighted by atomic mass is 19.1. The Hall–Kier alpha value is -3.14. The lowest BCUT2D eigenvalue weighted by Crippen LogP contribution is -1.85. The number of fused-ring (bicyclic) bond motifs is 1. The second kappa shape index (κ2) is 6.06. The van der Waals surface area contributed by atoms with Crippen LogP contribution in [0.25, 0.3) is 33.3 Å². The molecule has 4 rings (SSSR count). The third kappa shape index (κ3) is 2.76. The Balaban J connectivity index is 2.05. The van der Waals surface area contributed by atoms with Crippen molar-refractivity contribution in [3.63, 3.8) is 0 Å². The number of hydrogen-bond donors (Lipinski definition) is 1. The highest BCUT2D eigenvalue weighted by Crippen LogP contribution is 2.39. The molecule has 0 bridgehead atoms. The number of halogens is 2. The molecule has 0 fully saturated rings. The first kappa shape index (κ1) is 15.4. The number of H-pyrrole nitrogens is 1. The van der Waals surface area contributed by atoms with Gasteiger partial charge in [-0.05, 0) is 42.0 Å². The molecular formula is C21H15F2NO. The third-order valence-corrected chi connectivity index (χ3v) is 4.23. The van der Waals surface area contributed by atoms with Crippen molar-refractivity contribution in [2.24, 2.45) is 0 Å². The van der Waals surface area contributed by atoms with E-state index in [1.165, 1.54) is 24.3 Å². The Bertz CT molecular complexity index is 1070. The maximum atomic E-state index is 13.8. The van der Waals surface area contributed by atoms with Crippen molar-refractivity contribution < 1.29 is 13.5 Å². The van der Waals surface area contributed by atoms with Gasteiger partial charge < -0.3 is 9.72 Å². The predicted octanol–water partition coefficient (Wildman–Crippen LogP) is 5.79. The van der Waals surface area contributed by atoms with Crippen molar-refractivity contribution in [1.82, 2.24) is 4.98 Å². The average Bonchev–Trinajstić information content (AvgIpc) is 3.00. The van der Waals surface area contributed by atoms with Crippen LogP contribution in [0, 0.1) is 11.6 Å². The summed E-state index contributed by atoms with van der Waals surface area (Å²) in [6, 6.07) is 18.4. The average molecular weight is 335 g/mol. The summed E-state index contributed by atoms with van der Waals surface area (Å²) >= 11 is 0. The Morgan fingerprint density at radius 3 is 2.16 bits per heavy atom. The van der Waals surface area contributed by atoms with E-state index in [4.69, 9.17) is 4.74 Å².